The van der Waals surface area contributed by atoms with E-state index in [2.05, 4.69) is 10.3 Å². The summed E-state index contributed by atoms with van der Waals surface area (Å²) in [7, 11) is 1.57. The van der Waals surface area contributed by atoms with Crippen LogP contribution in [0.5, 0.6) is 5.75 Å². The summed E-state index contributed by atoms with van der Waals surface area (Å²) in [6.07, 6.45) is 1.13. The highest BCUT2D eigenvalue weighted by Crippen LogP contribution is 2.24. The van der Waals surface area contributed by atoms with Gasteiger partial charge >= 0.3 is 0 Å². The lowest BCUT2D eigenvalue weighted by atomic mass is 10.2. The molecular weight excluding hydrogens is 274 g/mol. The number of methoxy groups -OCH3 is 1. The summed E-state index contributed by atoms with van der Waals surface area (Å²) in [6.45, 7) is 2.04. The molecule has 1 aromatic heterocycles. The van der Waals surface area contributed by atoms with Crippen molar-refractivity contribution in [3.8, 4) is 5.75 Å². The van der Waals surface area contributed by atoms with Crippen LogP contribution in [0.1, 0.15) is 17.6 Å². The van der Waals surface area contributed by atoms with Crippen LogP contribution in [-0.4, -0.2) is 18.0 Å². The Labute approximate surface area is 121 Å². The van der Waals surface area contributed by atoms with Crippen LogP contribution in [0.2, 0.25) is 0 Å². The average Bonchev–Trinajstić information content (AvgIpc) is 2.88. The van der Waals surface area contributed by atoms with Crippen LogP contribution >= 0.6 is 11.3 Å². The van der Waals surface area contributed by atoms with Gasteiger partial charge in [0.1, 0.15) is 5.75 Å². The van der Waals surface area contributed by atoms with E-state index in [9.17, 15) is 4.79 Å². The van der Waals surface area contributed by atoms with Crippen molar-refractivity contribution in [1.82, 2.24) is 4.98 Å². The van der Waals surface area contributed by atoms with Gasteiger partial charge in [0, 0.05) is 11.4 Å². The number of thiazole rings is 1. The SMILES string of the molecule is CCc1nc(CC(=O)Nc2cc(OC)ccc2N)cs1. The van der Waals surface area contributed by atoms with Crippen molar-refractivity contribution in [2.24, 2.45) is 0 Å². The fraction of sp³-hybridized carbons (Fsp3) is 0.286. The number of ether oxygens (including phenoxy) is 1. The topological polar surface area (TPSA) is 77.2 Å². The van der Waals surface area contributed by atoms with Crippen molar-refractivity contribution >= 4 is 28.6 Å². The molecule has 0 aliphatic carbocycles. The van der Waals surface area contributed by atoms with Gasteiger partial charge < -0.3 is 15.8 Å². The second-order valence-corrected chi connectivity index (χ2v) is 5.21. The summed E-state index contributed by atoms with van der Waals surface area (Å²) in [4.78, 5) is 16.4. The summed E-state index contributed by atoms with van der Waals surface area (Å²) in [5.41, 5.74) is 7.67. The molecule has 0 spiro atoms. The third kappa shape index (κ3) is 3.48. The molecule has 1 amide bonds. The second kappa shape index (κ2) is 6.38. The number of nitrogens with zero attached hydrogens (tertiary/aromatic N) is 1. The molecule has 0 saturated carbocycles. The molecule has 0 radical (unpaired) electrons. The second-order valence-electron chi connectivity index (χ2n) is 4.26. The fourth-order valence-corrected chi connectivity index (χ4v) is 2.47. The van der Waals surface area contributed by atoms with Gasteiger partial charge in [0.25, 0.3) is 0 Å². The maximum atomic E-state index is 12.0. The number of nitrogens with one attached hydrogen (secondary N) is 1. The summed E-state index contributed by atoms with van der Waals surface area (Å²) >= 11 is 1.57. The predicted molar refractivity (Wildman–Crippen MR) is 81.2 cm³/mol. The van der Waals surface area contributed by atoms with E-state index in [-0.39, 0.29) is 12.3 Å². The molecule has 2 aromatic rings. The zero-order valence-corrected chi connectivity index (χ0v) is 12.3. The molecule has 1 heterocycles. The van der Waals surface area contributed by atoms with Crippen LogP contribution in [0.15, 0.2) is 23.6 Å². The maximum absolute atomic E-state index is 12.0. The van der Waals surface area contributed by atoms with Crippen molar-refractivity contribution in [3.05, 3.63) is 34.3 Å². The molecule has 2 rings (SSSR count). The number of nitrogen functional groups attached to an aromatic ring is 1. The summed E-state index contributed by atoms with van der Waals surface area (Å²) in [5, 5.41) is 5.73. The van der Waals surface area contributed by atoms with Gasteiger partial charge in [0.15, 0.2) is 0 Å². The van der Waals surface area contributed by atoms with Crippen LogP contribution in [0.25, 0.3) is 0 Å². The molecule has 0 aliphatic heterocycles. The Kier molecular flexibility index (Phi) is 4.57. The number of rotatable bonds is 5. The Hall–Kier alpha value is -2.08. The van der Waals surface area contributed by atoms with Gasteiger partial charge in [-0.15, -0.1) is 11.3 Å². The quantitative estimate of drug-likeness (QED) is 0.830. The standard InChI is InChI=1S/C14H17N3O2S/c1-3-14-16-9(8-20-14)6-13(18)17-12-7-10(19-2)4-5-11(12)15/h4-5,7-8H,3,6,15H2,1-2H3,(H,17,18). The molecule has 3 N–H and O–H groups in total. The molecule has 6 heteroatoms. The molecule has 0 bridgehead atoms. The Bertz CT molecular complexity index is 610. The number of aryl methyl sites for hydroxylation is 1. The van der Waals surface area contributed by atoms with Crippen LogP contribution in [0.4, 0.5) is 11.4 Å². The van der Waals surface area contributed by atoms with Crippen molar-refractivity contribution in [2.75, 3.05) is 18.2 Å². The lowest BCUT2D eigenvalue weighted by molar-refractivity contribution is -0.115. The number of nitrogens with two attached hydrogens (primary N) is 1. The van der Waals surface area contributed by atoms with Gasteiger partial charge in [-0.1, -0.05) is 6.92 Å². The van der Waals surface area contributed by atoms with E-state index in [1.165, 1.54) is 0 Å². The lowest BCUT2D eigenvalue weighted by Gasteiger charge is -2.09. The van der Waals surface area contributed by atoms with Gasteiger partial charge in [-0.3, -0.25) is 4.79 Å². The highest BCUT2D eigenvalue weighted by atomic mass is 32.1. The number of aromatic nitrogens is 1. The van der Waals surface area contributed by atoms with E-state index < -0.39 is 0 Å². The first-order chi connectivity index (χ1) is 9.62. The van der Waals surface area contributed by atoms with Crippen LogP contribution in [0, 0.1) is 0 Å². The molecule has 0 atom stereocenters. The van der Waals surface area contributed by atoms with Gasteiger partial charge in [0.05, 0.1) is 35.6 Å². The Morgan fingerprint density at radius 2 is 2.30 bits per heavy atom. The minimum atomic E-state index is -0.141. The average molecular weight is 291 g/mol. The smallest absolute Gasteiger partial charge is 0.230 e. The Morgan fingerprint density at radius 1 is 1.50 bits per heavy atom. The molecule has 0 unspecified atom stereocenters. The highest BCUT2D eigenvalue weighted by Gasteiger charge is 2.10. The first-order valence-corrected chi connectivity index (χ1v) is 7.17. The maximum Gasteiger partial charge on any atom is 0.230 e. The molecule has 0 fully saturated rings. The number of anilines is 2. The molecule has 0 saturated heterocycles. The minimum Gasteiger partial charge on any atom is -0.497 e. The van der Waals surface area contributed by atoms with E-state index in [0.717, 1.165) is 17.1 Å². The number of benzene rings is 1. The van der Waals surface area contributed by atoms with Crippen LogP contribution in [-0.2, 0) is 17.6 Å². The predicted octanol–water partition coefficient (Wildman–Crippen LogP) is 2.48. The molecular formula is C14H17N3O2S. The largest absolute Gasteiger partial charge is 0.497 e. The van der Waals surface area contributed by atoms with Crippen molar-refractivity contribution in [3.63, 3.8) is 0 Å². The van der Waals surface area contributed by atoms with Gasteiger partial charge in [-0.25, -0.2) is 4.98 Å². The third-order valence-corrected chi connectivity index (χ3v) is 3.82. The number of amides is 1. The van der Waals surface area contributed by atoms with Crippen molar-refractivity contribution < 1.29 is 9.53 Å². The van der Waals surface area contributed by atoms with Crippen molar-refractivity contribution in [1.29, 1.82) is 0 Å². The number of carbonyl (C=O) groups excluding carboxylic acids is 1. The van der Waals surface area contributed by atoms with Crippen LogP contribution < -0.4 is 15.8 Å². The van der Waals surface area contributed by atoms with E-state index >= 15 is 0 Å². The Balaban J connectivity index is 2.04. The normalized spacial score (nSPS) is 10.3. The summed E-state index contributed by atoms with van der Waals surface area (Å²) in [6, 6.07) is 5.15. The fourth-order valence-electron chi connectivity index (χ4n) is 1.72. The minimum absolute atomic E-state index is 0.141. The van der Waals surface area contributed by atoms with Crippen molar-refractivity contribution in [2.45, 2.75) is 19.8 Å². The van der Waals surface area contributed by atoms with Gasteiger partial charge in [0.2, 0.25) is 5.91 Å². The van der Waals surface area contributed by atoms with E-state index in [1.54, 1.807) is 36.6 Å². The molecule has 106 valence electrons. The monoisotopic (exact) mass is 291 g/mol. The van der Waals surface area contributed by atoms with E-state index in [4.69, 9.17) is 10.5 Å². The molecule has 1 aromatic carbocycles. The number of hydrogen-bond donors (Lipinski definition) is 2. The summed E-state index contributed by atoms with van der Waals surface area (Å²) in [5.74, 6) is 0.509. The highest BCUT2D eigenvalue weighted by molar-refractivity contribution is 7.09. The zero-order chi connectivity index (χ0) is 14.5. The van der Waals surface area contributed by atoms with Gasteiger partial charge in [-0.05, 0) is 18.6 Å². The van der Waals surface area contributed by atoms with E-state index in [1.807, 2.05) is 12.3 Å². The third-order valence-electron chi connectivity index (χ3n) is 2.78. The van der Waals surface area contributed by atoms with Crippen LogP contribution in [0.3, 0.4) is 0 Å². The zero-order valence-electron chi connectivity index (χ0n) is 11.5. The summed E-state index contributed by atoms with van der Waals surface area (Å²) < 4.78 is 5.11. The van der Waals surface area contributed by atoms with E-state index in [0.29, 0.717) is 17.1 Å². The molecule has 5 nitrogen and oxygen atoms in total. The first kappa shape index (κ1) is 14.3. The Morgan fingerprint density at radius 3 is 2.95 bits per heavy atom. The number of carbonyl (C=O) groups is 1. The lowest BCUT2D eigenvalue weighted by Crippen LogP contribution is -2.15. The number of hydrogen-bond acceptors (Lipinski definition) is 5. The van der Waals surface area contributed by atoms with Gasteiger partial charge in [-0.2, -0.15) is 0 Å². The first-order valence-electron chi connectivity index (χ1n) is 6.29. The molecule has 20 heavy (non-hydrogen) atoms. The molecule has 0 aliphatic rings.